The van der Waals surface area contributed by atoms with Crippen molar-refractivity contribution in [2.75, 3.05) is 39.6 Å². The zero-order valence-electron chi connectivity index (χ0n) is 71.3. The molecule has 113 heavy (non-hydrogen) atoms. The third-order valence-corrected chi connectivity index (χ3v) is 20.6. The minimum absolute atomic E-state index is 0.0916. The highest BCUT2D eigenvalue weighted by molar-refractivity contribution is 7.47. The van der Waals surface area contributed by atoms with Crippen molar-refractivity contribution < 1.29 is 75.8 Å². The van der Waals surface area contributed by atoms with Crippen molar-refractivity contribution in [3.05, 3.63) is 158 Å². The molecule has 0 saturated heterocycles. The molecule has 16 nitrogen and oxygen atoms in total. The summed E-state index contributed by atoms with van der Waals surface area (Å²) in [6.45, 7) is 2.45. The van der Waals surface area contributed by atoms with Crippen molar-refractivity contribution in [3.8, 4) is 0 Å². The fraction of sp³-hybridized carbons (Fsp3) is 0.695. The Morgan fingerprint density at radius 1 is 0.257 bits per heavy atom. The highest BCUT2D eigenvalue weighted by Crippen LogP contribution is 2.45. The summed E-state index contributed by atoms with van der Waals surface area (Å²) < 4.78 is 61.3. The lowest BCUT2D eigenvalue weighted by Gasteiger charge is -2.21. The van der Waals surface area contributed by atoms with Crippen LogP contribution in [-0.4, -0.2) is 95.9 Å². The quantitative estimate of drug-likeness (QED) is 0.0146. The van der Waals surface area contributed by atoms with Gasteiger partial charge in [-0.3, -0.25) is 32.5 Å². The number of esters is 3. The van der Waals surface area contributed by atoms with Crippen molar-refractivity contribution in [1.29, 1.82) is 0 Å². The van der Waals surface area contributed by atoms with Crippen LogP contribution in [0.5, 0.6) is 0 Å². The molecule has 0 fully saturated rings. The van der Waals surface area contributed by atoms with Crippen LogP contribution in [0.4, 0.5) is 0 Å². The largest absolute Gasteiger partial charge is 0.472 e. The van der Waals surface area contributed by atoms with E-state index in [1.54, 1.807) is 0 Å². The van der Waals surface area contributed by atoms with Crippen LogP contribution in [0.1, 0.15) is 367 Å². The Morgan fingerprint density at radius 2 is 0.469 bits per heavy atom. The van der Waals surface area contributed by atoms with Gasteiger partial charge in [0.2, 0.25) is 0 Å². The molecular formula is C95H162O16P2. The van der Waals surface area contributed by atoms with Gasteiger partial charge in [0.25, 0.3) is 0 Å². The number of aliphatic hydroxyl groups excluding tert-OH is 2. The molecule has 0 bridgehead atoms. The molecule has 0 rings (SSSR count). The molecule has 0 aliphatic carbocycles. The van der Waals surface area contributed by atoms with Crippen molar-refractivity contribution >= 4 is 33.6 Å². The van der Waals surface area contributed by atoms with Gasteiger partial charge < -0.3 is 34.2 Å². The number of hydrogen-bond acceptors (Lipinski definition) is 14. The van der Waals surface area contributed by atoms with E-state index < -0.39 is 91.5 Å². The Bertz CT molecular complexity index is 2680. The maximum absolute atomic E-state index is 13.0. The summed E-state index contributed by atoms with van der Waals surface area (Å²) in [6.07, 6.45) is 110. The molecule has 0 aliphatic heterocycles. The van der Waals surface area contributed by atoms with E-state index in [1.165, 1.54) is 141 Å². The number of carbonyl (C=O) groups is 3. The monoisotopic (exact) mass is 1620 g/mol. The summed E-state index contributed by atoms with van der Waals surface area (Å²) in [5.74, 6) is -1.58. The number of phosphoric ester groups is 2. The lowest BCUT2D eigenvalue weighted by atomic mass is 10.0. The van der Waals surface area contributed by atoms with Crippen LogP contribution in [0.3, 0.4) is 0 Å². The molecule has 0 aromatic carbocycles. The van der Waals surface area contributed by atoms with Crippen molar-refractivity contribution in [2.24, 2.45) is 0 Å². The number of hydrogen-bond donors (Lipinski definition) is 4. The van der Waals surface area contributed by atoms with Gasteiger partial charge in [-0.05, 0) is 148 Å². The van der Waals surface area contributed by atoms with E-state index in [0.29, 0.717) is 19.3 Å². The molecule has 0 spiro atoms. The summed E-state index contributed by atoms with van der Waals surface area (Å²) in [7, 11) is -9.80. The summed E-state index contributed by atoms with van der Waals surface area (Å²) in [4.78, 5) is 58.8. The lowest BCUT2D eigenvalue weighted by molar-refractivity contribution is -0.161. The Morgan fingerprint density at radius 3 is 0.752 bits per heavy atom. The van der Waals surface area contributed by atoms with E-state index >= 15 is 0 Å². The first-order valence-corrected chi connectivity index (χ1v) is 47.8. The maximum Gasteiger partial charge on any atom is 0.472 e. The van der Waals surface area contributed by atoms with Crippen LogP contribution < -0.4 is 0 Å². The van der Waals surface area contributed by atoms with Gasteiger partial charge in [0.05, 0.1) is 26.4 Å². The van der Waals surface area contributed by atoms with Crippen LogP contribution >= 0.6 is 15.6 Å². The fourth-order valence-electron chi connectivity index (χ4n) is 12.0. The second kappa shape index (κ2) is 86.5. The molecule has 0 heterocycles. The Labute approximate surface area is 689 Å². The molecule has 0 aliphatic rings. The third kappa shape index (κ3) is 87.8. The van der Waals surface area contributed by atoms with Gasteiger partial charge in [0.15, 0.2) is 6.10 Å². The number of allylic oxidation sites excluding steroid dienone is 26. The first-order valence-electron chi connectivity index (χ1n) is 44.8. The van der Waals surface area contributed by atoms with Crippen LogP contribution in [0.15, 0.2) is 158 Å². The zero-order chi connectivity index (χ0) is 82.2. The SMILES string of the molecule is CC/C=C\C/C=C\C/C=C\C/C=C\C/C=C\C/C=C\CCCCCCCCCCCCCCCCCCC(=O)OCC(O)COP(=O)(O)OCC(O)COP(=O)(O)OCC(COC(=O)CCCCCCCCCCCC/C=C\C/C=C\C/C=C\C/C=C\C/C=C\C/C=C\CC)OC(=O)CCCCCCC/C=C\CCCCCC. The van der Waals surface area contributed by atoms with Crippen LogP contribution in [0.2, 0.25) is 0 Å². The number of ether oxygens (including phenoxy) is 3. The number of aliphatic hydroxyl groups is 2. The number of rotatable bonds is 84. The van der Waals surface area contributed by atoms with Gasteiger partial charge in [-0.1, -0.05) is 359 Å². The van der Waals surface area contributed by atoms with E-state index in [2.05, 4.69) is 179 Å². The third-order valence-electron chi connectivity index (χ3n) is 18.7. The predicted molar refractivity (Wildman–Crippen MR) is 472 cm³/mol. The molecule has 0 saturated carbocycles. The molecule has 5 atom stereocenters. The van der Waals surface area contributed by atoms with Gasteiger partial charge in [-0.2, -0.15) is 0 Å². The van der Waals surface area contributed by atoms with Crippen molar-refractivity contribution in [3.63, 3.8) is 0 Å². The molecule has 0 radical (unpaired) electrons. The molecule has 0 aromatic rings. The Hall–Kier alpha value is -4.83. The number of phosphoric acid groups is 2. The van der Waals surface area contributed by atoms with Gasteiger partial charge >= 0.3 is 33.6 Å². The number of unbranched alkanes of at least 4 members (excludes halogenated alkanes) is 35. The van der Waals surface area contributed by atoms with E-state index in [-0.39, 0.29) is 19.3 Å². The first kappa shape index (κ1) is 108. The van der Waals surface area contributed by atoms with Crippen molar-refractivity contribution in [2.45, 2.75) is 386 Å². The molecule has 648 valence electrons. The normalized spacial score (nSPS) is 14.6. The van der Waals surface area contributed by atoms with Gasteiger partial charge in [-0.25, -0.2) is 9.13 Å². The van der Waals surface area contributed by atoms with Crippen LogP contribution in [-0.2, 0) is 55.8 Å². The van der Waals surface area contributed by atoms with Gasteiger partial charge in [0, 0.05) is 19.3 Å². The van der Waals surface area contributed by atoms with Gasteiger partial charge in [-0.15, -0.1) is 0 Å². The fourth-order valence-corrected chi connectivity index (χ4v) is 13.6. The second-order valence-corrected chi connectivity index (χ2v) is 32.5. The zero-order valence-corrected chi connectivity index (χ0v) is 73.0. The standard InChI is InChI=1S/C95H162O16P2/c1-4-7-10-13-16-19-22-25-27-29-31-33-35-37-39-41-42-43-44-45-46-48-50-51-53-55-57-59-61-64-66-69-72-75-78-81-93(98)105-84-90(96)85-107-112(101,102)108-86-91(97)87-109-113(103,104)110-89-92(111-95(100)83-80-77-74-71-68-63-24-21-18-15-12-9-6-3)88-106-94(99)82-79-76-73-70-67-65-62-60-58-56-54-52-49-47-40-38-36-34-32-30-28-26-23-20-17-14-11-8-5-2/h7-8,10-11,16-17,19-21,24-28,31-34,37-40,42-43,49,52,90-92,96-97H,4-6,9,12-15,18,22-23,29-30,35-36,41,44-48,50-51,53-89H2,1-3H3,(H,101,102)(H,103,104)/b10-7-,11-8-,19-16-,20-17-,24-21-,27-25-,28-26-,33-31-,34-32-,39-37-,40-38-,43-42-,52-49-. The smallest absolute Gasteiger partial charge is 0.463 e. The minimum Gasteiger partial charge on any atom is -0.463 e. The predicted octanol–water partition coefficient (Wildman–Crippen LogP) is 27.3. The topological polar surface area (TPSA) is 231 Å². The summed E-state index contributed by atoms with van der Waals surface area (Å²) in [5, 5.41) is 20.7. The Balaban J connectivity index is 4.41. The highest BCUT2D eigenvalue weighted by atomic mass is 31.2. The molecule has 5 unspecified atom stereocenters. The molecule has 0 amide bonds. The van der Waals surface area contributed by atoms with Crippen molar-refractivity contribution in [1.82, 2.24) is 0 Å². The van der Waals surface area contributed by atoms with E-state index in [0.717, 1.165) is 167 Å². The molecule has 0 aromatic heterocycles. The van der Waals surface area contributed by atoms with E-state index in [1.807, 2.05) is 0 Å². The van der Waals surface area contributed by atoms with Crippen LogP contribution in [0, 0.1) is 0 Å². The molecule has 4 N–H and O–H groups in total. The molecule has 18 heteroatoms. The minimum atomic E-state index is -4.94. The molecular weight excluding hydrogens is 1460 g/mol. The maximum atomic E-state index is 13.0. The average Bonchev–Trinajstić information content (AvgIpc) is 0.903. The average molecular weight is 1620 g/mol. The van der Waals surface area contributed by atoms with E-state index in [9.17, 15) is 43.5 Å². The summed E-state index contributed by atoms with van der Waals surface area (Å²) in [5.41, 5.74) is 0. The number of carbonyl (C=O) groups excluding carboxylic acids is 3. The lowest BCUT2D eigenvalue weighted by Crippen LogP contribution is -2.30. The Kier molecular flexibility index (Phi) is 82.8. The first-order chi connectivity index (χ1) is 55.2. The summed E-state index contributed by atoms with van der Waals surface area (Å²) in [6, 6.07) is 0. The van der Waals surface area contributed by atoms with E-state index in [4.69, 9.17) is 32.3 Å². The highest BCUT2D eigenvalue weighted by Gasteiger charge is 2.29. The summed E-state index contributed by atoms with van der Waals surface area (Å²) >= 11 is 0. The second-order valence-electron chi connectivity index (χ2n) is 29.6. The van der Waals surface area contributed by atoms with Gasteiger partial charge in [0.1, 0.15) is 25.4 Å². The van der Waals surface area contributed by atoms with Crippen LogP contribution in [0.25, 0.3) is 0 Å².